The molecule has 0 aliphatic rings. The zero-order valence-electron chi connectivity index (χ0n) is 9.21. The molecule has 0 radical (unpaired) electrons. The number of oxazole rings is 1. The Balaban J connectivity index is 2.62. The van der Waals surface area contributed by atoms with Gasteiger partial charge in [0.25, 0.3) is 0 Å². The molecule has 0 bridgehead atoms. The van der Waals surface area contributed by atoms with Crippen LogP contribution in [0.15, 0.2) is 9.80 Å². The second-order valence-electron chi connectivity index (χ2n) is 3.56. The quantitative estimate of drug-likeness (QED) is 0.907. The van der Waals surface area contributed by atoms with Crippen LogP contribution in [0.1, 0.15) is 21.8 Å². The minimum atomic E-state index is -4.91. The molecular formula is C10H5ClF3NO3S. The maximum absolute atomic E-state index is 12.6. The molecule has 2 heterocycles. The van der Waals surface area contributed by atoms with E-state index >= 15 is 0 Å². The van der Waals surface area contributed by atoms with Crippen LogP contribution in [0, 0.1) is 6.92 Å². The molecule has 0 aromatic carbocycles. The number of alkyl halides is 3. The first-order valence-electron chi connectivity index (χ1n) is 4.77. The highest BCUT2D eigenvalue weighted by atomic mass is 35.5. The number of hydrogen-bond acceptors (Lipinski definition) is 4. The number of carboxylic acids is 1. The minimum absolute atomic E-state index is 0.164. The summed E-state index contributed by atoms with van der Waals surface area (Å²) in [6.45, 7) is 1.66. The summed E-state index contributed by atoms with van der Waals surface area (Å²) in [5, 5.41) is 10.5. The fourth-order valence-electron chi connectivity index (χ4n) is 1.33. The molecule has 1 N–H and O–H groups in total. The fraction of sp³-hybridized carbons (Fsp3) is 0.200. The highest BCUT2D eigenvalue weighted by Gasteiger charge is 2.41. The van der Waals surface area contributed by atoms with Crippen molar-refractivity contribution in [2.24, 2.45) is 0 Å². The van der Waals surface area contributed by atoms with Crippen LogP contribution in [-0.4, -0.2) is 16.1 Å². The molecule has 0 fully saturated rings. The first-order chi connectivity index (χ1) is 8.71. The minimum Gasteiger partial charge on any atom is -0.475 e. The highest BCUT2D eigenvalue weighted by molar-refractivity contribution is 7.14. The molecule has 0 aliphatic heterocycles. The van der Waals surface area contributed by atoms with Gasteiger partial charge in [-0.1, -0.05) is 11.6 Å². The Morgan fingerprint density at radius 3 is 2.53 bits per heavy atom. The van der Waals surface area contributed by atoms with Crippen LogP contribution in [0.2, 0.25) is 5.02 Å². The van der Waals surface area contributed by atoms with Crippen molar-refractivity contribution in [3.63, 3.8) is 0 Å². The third-order valence-corrected chi connectivity index (χ3v) is 3.87. The van der Waals surface area contributed by atoms with Crippen LogP contribution < -0.4 is 0 Å². The van der Waals surface area contributed by atoms with Gasteiger partial charge in [0.15, 0.2) is 5.69 Å². The monoisotopic (exact) mass is 311 g/mol. The second-order valence-corrected chi connectivity index (χ2v) is 4.82. The van der Waals surface area contributed by atoms with Gasteiger partial charge in [-0.05, 0) is 17.9 Å². The Labute approximate surface area is 113 Å². The molecule has 102 valence electrons. The Hall–Kier alpha value is -1.54. The van der Waals surface area contributed by atoms with E-state index in [9.17, 15) is 18.0 Å². The van der Waals surface area contributed by atoms with Gasteiger partial charge in [0.05, 0.1) is 5.02 Å². The summed E-state index contributed by atoms with van der Waals surface area (Å²) < 4.78 is 42.6. The van der Waals surface area contributed by atoms with Crippen LogP contribution in [0.25, 0.3) is 10.8 Å². The van der Waals surface area contributed by atoms with E-state index in [1.807, 2.05) is 0 Å². The number of aromatic nitrogens is 1. The summed E-state index contributed by atoms with van der Waals surface area (Å²) in [4.78, 5) is 14.1. The van der Waals surface area contributed by atoms with Gasteiger partial charge in [-0.25, -0.2) is 9.78 Å². The predicted octanol–water partition coefficient (Wildman–Crippen LogP) is 4.08. The number of nitrogens with zero attached hydrogens (tertiary/aromatic N) is 1. The number of thiophene rings is 1. The van der Waals surface area contributed by atoms with Gasteiger partial charge in [-0.2, -0.15) is 13.2 Å². The van der Waals surface area contributed by atoms with Crippen molar-refractivity contribution >= 4 is 28.9 Å². The third kappa shape index (κ3) is 2.45. The van der Waals surface area contributed by atoms with Crippen molar-refractivity contribution in [2.75, 3.05) is 0 Å². The molecule has 0 spiro atoms. The van der Waals surface area contributed by atoms with E-state index in [0.29, 0.717) is 5.56 Å². The number of carbonyl (C=O) groups is 1. The topological polar surface area (TPSA) is 63.3 Å². The molecule has 2 aromatic rings. The lowest BCUT2D eigenvalue weighted by atomic mass is 10.3. The fourth-order valence-corrected chi connectivity index (χ4v) is 2.53. The number of aryl methyl sites for hydroxylation is 1. The number of carboxylic acid groups (broad SMARTS) is 1. The van der Waals surface area contributed by atoms with E-state index in [0.717, 1.165) is 11.3 Å². The van der Waals surface area contributed by atoms with Gasteiger partial charge >= 0.3 is 12.1 Å². The first-order valence-corrected chi connectivity index (χ1v) is 6.03. The highest BCUT2D eigenvalue weighted by Crippen LogP contribution is 2.39. The number of hydrogen-bond donors (Lipinski definition) is 1. The molecule has 19 heavy (non-hydrogen) atoms. The predicted molar refractivity (Wildman–Crippen MR) is 61.5 cm³/mol. The standard InChI is InChI=1S/C10H5ClF3NO3S/c1-3-2-19-6(4(3)11)8-15-7(10(12,13)14)5(18-8)9(16)17/h2H,1H3,(H,16,17). The SMILES string of the molecule is Cc1csc(-c2nc(C(F)(F)F)c(C(=O)O)o2)c1Cl. The van der Waals surface area contributed by atoms with Crippen LogP contribution in [-0.2, 0) is 6.18 Å². The molecule has 0 saturated heterocycles. The molecule has 9 heteroatoms. The van der Waals surface area contributed by atoms with E-state index in [1.165, 1.54) is 0 Å². The average Bonchev–Trinajstić information content (AvgIpc) is 2.84. The maximum Gasteiger partial charge on any atom is 0.437 e. The second kappa shape index (κ2) is 4.53. The largest absolute Gasteiger partial charge is 0.475 e. The zero-order chi connectivity index (χ0) is 14.4. The normalized spacial score (nSPS) is 11.8. The lowest BCUT2D eigenvalue weighted by Crippen LogP contribution is -2.11. The number of halogens is 4. The molecule has 0 amide bonds. The van der Waals surface area contributed by atoms with Gasteiger partial charge < -0.3 is 9.52 Å². The molecule has 0 atom stereocenters. The Bertz CT molecular complexity index is 647. The molecule has 0 aliphatic carbocycles. The molecular weight excluding hydrogens is 307 g/mol. The van der Waals surface area contributed by atoms with Crippen molar-refractivity contribution in [3.05, 3.63) is 27.4 Å². The molecule has 4 nitrogen and oxygen atoms in total. The van der Waals surface area contributed by atoms with E-state index in [4.69, 9.17) is 16.7 Å². The molecule has 0 saturated carbocycles. The van der Waals surface area contributed by atoms with Crippen molar-refractivity contribution in [3.8, 4) is 10.8 Å². The van der Waals surface area contributed by atoms with E-state index in [1.54, 1.807) is 12.3 Å². The van der Waals surface area contributed by atoms with Gasteiger partial charge in [-0.3, -0.25) is 0 Å². The van der Waals surface area contributed by atoms with Gasteiger partial charge in [-0.15, -0.1) is 11.3 Å². The first kappa shape index (κ1) is 13.9. The summed E-state index contributed by atoms with van der Waals surface area (Å²) in [7, 11) is 0. The lowest BCUT2D eigenvalue weighted by Gasteiger charge is -2.00. The van der Waals surface area contributed by atoms with Gasteiger partial charge in [0, 0.05) is 0 Å². The smallest absolute Gasteiger partial charge is 0.437 e. The summed E-state index contributed by atoms with van der Waals surface area (Å²) >= 11 is 6.91. The lowest BCUT2D eigenvalue weighted by molar-refractivity contribution is -0.141. The number of aromatic carboxylic acids is 1. The summed E-state index contributed by atoms with van der Waals surface area (Å²) in [5.41, 5.74) is -0.928. The third-order valence-electron chi connectivity index (χ3n) is 2.18. The summed E-state index contributed by atoms with van der Waals surface area (Å²) in [6, 6.07) is 0. The van der Waals surface area contributed by atoms with E-state index in [2.05, 4.69) is 9.40 Å². The van der Waals surface area contributed by atoms with Gasteiger partial charge in [0.1, 0.15) is 4.88 Å². The van der Waals surface area contributed by atoms with Crippen molar-refractivity contribution < 1.29 is 27.5 Å². The molecule has 0 unspecified atom stereocenters. The van der Waals surface area contributed by atoms with Crippen molar-refractivity contribution in [1.82, 2.24) is 4.98 Å². The molecule has 2 rings (SSSR count). The number of rotatable bonds is 2. The maximum atomic E-state index is 12.6. The Kier molecular flexibility index (Phi) is 3.31. The Morgan fingerprint density at radius 2 is 2.16 bits per heavy atom. The van der Waals surface area contributed by atoms with E-state index < -0.39 is 29.5 Å². The van der Waals surface area contributed by atoms with E-state index in [-0.39, 0.29) is 9.90 Å². The van der Waals surface area contributed by atoms with Crippen molar-refractivity contribution in [2.45, 2.75) is 13.1 Å². The summed E-state index contributed by atoms with van der Waals surface area (Å²) in [6.07, 6.45) is -4.91. The van der Waals surface area contributed by atoms with Crippen molar-refractivity contribution in [1.29, 1.82) is 0 Å². The Morgan fingerprint density at radius 1 is 1.53 bits per heavy atom. The summed E-state index contributed by atoms with van der Waals surface area (Å²) in [5.74, 6) is -3.53. The van der Waals surface area contributed by atoms with Crippen LogP contribution in [0.3, 0.4) is 0 Å². The average molecular weight is 312 g/mol. The van der Waals surface area contributed by atoms with Crippen LogP contribution in [0.5, 0.6) is 0 Å². The van der Waals surface area contributed by atoms with Gasteiger partial charge in [0.2, 0.25) is 11.7 Å². The van der Waals surface area contributed by atoms with Crippen LogP contribution >= 0.6 is 22.9 Å². The molecule has 2 aromatic heterocycles. The zero-order valence-corrected chi connectivity index (χ0v) is 10.8. The van der Waals surface area contributed by atoms with Crippen LogP contribution in [0.4, 0.5) is 13.2 Å².